The lowest BCUT2D eigenvalue weighted by Crippen LogP contribution is -1.84. The molecule has 1 aromatic carbocycles. The first-order valence-corrected chi connectivity index (χ1v) is 6.08. The third-order valence-electron chi connectivity index (χ3n) is 2.72. The zero-order valence-corrected chi connectivity index (χ0v) is 11.2. The number of allylic oxidation sites excluding steroid dienone is 8. The van der Waals surface area contributed by atoms with Gasteiger partial charge in [-0.2, -0.15) is 0 Å². The van der Waals surface area contributed by atoms with Gasteiger partial charge in [-0.3, -0.25) is 0 Å². The Morgan fingerprint density at radius 2 is 1.61 bits per heavy atom. The highest BCUT2D eigenvalue weighted by Crippen LogP contribution is 2.19. The highest BCUT2D eigenvalue weighted by Gasteiger charge is 1.98. The minimum absolute atomic E-state index is 1.04. The molecule has 0 saturated carbocycles. The van der Waals surface area contributed by atoms with Crippen LogP contribution in [-0.4, -0.2) is 0 Å². The van der Waals surface area contributed by atoms with Gasteiger partial charge in [0.05, 0.1) is 0 Å². The Morgan fingerprint density at radius 3 is 2.11 bits per heavy atom. The predicted octanol–water partition coefficient (Wildman–Crippen LogP) is 5.33. The summed E-state index contributed by atoms with van der Waals surface area (Å²) in [7, 11) is 0. The van der Waals surface area contributed by atoms with Crippen LogP contribution in [-0.2, 0) is 0 Å². The first kappa shape index (κ1) is 14.0. The molecule has 0 aliphatic heterocycles. The van der Waals surface area contributed by atoms with Crippen LogP contribution in [0.4, 0.5) is 0 Å². The molecule has 0 bridgehead atoms. The fraction of sp³-hybridized carbons (Fsp3) is 0.111. The molecule has 0 aliphatic carbocycles. The maximum Gasteiger partial charge on any atom is -0.0185 e. The topological polar surface area (TPSA) is 0 Å². The van der Waals surface area contributed by atoms with E-state index in [-0.39, 0.29) is 0 Å². The molecule has 0 spiro atoms. The van der Waals surface area contributed by atoms with E-state index in [1.807, 2.05) is 43.4 Å². The standard InChI is InChI=1S/C18H20/c1-5-11-18(16(6-2)7-3)14-15(4)17-12-9-8-10-13-17/h5-14H,2-3H2,1,4H3/b11-5-,15-14+. The molecule has 0 atom stereocenters. The highest BCUT2D eigenvalue weighted by atomic mass is 14.0. The molecule has 0 heteroatoms. The maximum absolute atomic E-state index is 3.82. The summed E-state index contributed by atoms with van der Waals surface area (Å²) in [5, 5.41) is 0. The van der Waals surface area contributed by atoms with Crippen LogP contribution in [0.25, 0.3) is 5.57 Å². The molecule has 0 amide bonds. The summed E-state index contributed by atoms with van der Waals surface area (Å²) in [6.07, 6.45) is 9.92. The van der Waals surface area contributed by atoms with E-state index in [1.165, 1.54) is 11.1 Å². The van der Waals surface area contributed by atoms with Gasteiger partial charge >= 0.3 is 0 Å². The van der Waals surface area contributed by atoms with Gasteiger partial charge in [-0.15, -0.1) is 0 Å². The molecule has 1 rings (SSSR count). The predicted molar refractivity (Wildman–Crippen MR) is 82.3 cm³/mol. The van der Waals surface area contributed by atoms with Crippen molar-refractivity contribution in [2.75, 3.05) is 0 Å². The smallest absolute Gasteiger partial charge is 0.0185 e. The fourth-order valence-corrected chi connectivity index (χ4v) is 1.74. The lowest BCUT2D eigenvalue weighted by molar-refractivity contribution is 1.51. The Hall–Kier alpha value is -2.08. The molecule has 0 aromatic heterocycles. The monoisotopic (exact) mass is 236 g/mol. The first-order chi connectivity index (χ1) is 8.72. The van der Waals surface area contributed by atoms with Crippen LogP contribution >= 0.6 is 0 Å². The SMILES string of the molecule is C=CC(C=C)=C(/C=C\C)/C=C(\C)c1ccccc1. The number of benzene rings is 1. The summed E-state index contributed by atoms with van der Waals surface area (Å²) in [5.41, 5.74) is 4.63. The van der Waals surface area contributed by atoms with Crippen molar-refractivity contribution in [2.24, 2.45) is 0 Å². The van der Waals surface area contributed by atoms with Crippen molar-refractivity contribution in [3.63, 3.8) is 0 Å². The van der Waals surface area contributed by atoms with Crippen molar-refractivity contribution in [3.8, 4) is 0 Å². The van der Waals surface area contributed by atoms with Crippen molar-refractivity contribution in [3.05, 3.63) is 90.6 Å². The molecule has 0 nitrogen and oxygen atoms in total. The van der Waals surface area contributed by atoms with E-state index in [2.05, 4.69) is 44.4 Å². The first-order valence-electron chi connectivity index (χ1n) is 6.08. The van der Waals surface area contributed by atoms with Crippen LogP contribution in [0.5, 0.6) is 0 Å². The van der Waals surface area contributed by atoms with E-state index in [0.29, 0.717) is 0 Å². The summed E-state index contributed by atoms with van der Waals surface area (Å²) >= 11 is 0. The fourth-order valence-electron chi connectivity index (χ4n) is 1.74. The second kappa shape index (κ2) is 7.29. The Morgan fingerprint density at radius 1 is 1.00 bits per heavy atom. The van der Waals surface area contributed by atoms with Crippen molar-refractivity contribution in [2.45, 2.75) is 13.8 Å². The zero-order valence-electron chi connectivity index (χ0n) is 11.2. The van der Waals surface area contributed by atoms with Crippen molar-refractivity contribution in [1.82, 2.24) is 0 Å². The molecule has 0 unspecified atom stereocenters. The van der Waals surface area contributed by atoms with Crippen molar-refractivity contribution in [1.29, 1.82) is 0 Å². The van der Waals surface area contributed by atoms with E-state index in [1.54, 1.807) is 0 Å². The molecular formula is C18H20. The number of hydrogen-bond donors (Lipinski definition) is 0. The number of rotatable bonds is 5. The van der Waals surface area contributed by atoms with Gasteiger partial charge in [0.2, 0.25) is 0 Å². The van der Waals surface area contributed by atoms with Crippen LogP contribution in [0, 0.1) is 0 Å². The van der Waals surface area contributed by atoms with Crippen molar-refractivity contribution >= 4 is 5.57 Å². The molecule has 18 heavy (non-hydrogen) atoms. The van der Waals surface area contributed by atoms with Gasteiger partial charge in [0, 0.05) is 0 Å². The Kier molecular flexibility index (Phi) is 5.66. The molecule has 0 heterocycles. The average Bonchev–Trinajstić information content (AvgIpc) is 2.41. The van der Waals surface area contributed by atoms with Gasteiger partial charge in [-0.05, 0) is 36.1 Å². The van der Waals surface area contributed by atoms with Gasteiger partial charge < -0.3 is 0 Å². The third kappa shape index (κ3) is 3.74. The molecule has 1 aromatic rings. The van der Waals surface area contributed by atoms with Gasteiger partial charge in [-0.25, -0.2) is 0 Å². The van der Waals surface area contributed by atoms with Gasteiger partial charge in [0.15, 0.2) is 0 Å². The normalized spacial score (nSPS) is 11.3. The molecule has 0 fully saturated rings. The van der Waals surface area contributed by atoms with Crippen LogP contribution in [0.3, 0.4) is 0 Å². The van der Waals surface area contributed by atoms with Crippen LogP contribution < -0.4 is 0 Å². The molecule has 0 aliphatic rings. The Bertz CT molecular complexity index is 486. The van der Waals surface area contributed by atoms with Gasteiger partial charge in [0.25, 0.3) is 0 Å². The molecular weight excluding hydrogens is 216 g/mol. The second-order valence-corrected chi connectivity index (χ2v) is 4.01. The lowest BCUT2D eigenvalue weighted by atomic mass is 10.0. The van der Waals surface area contributed by atoms with E-state index in [4.69, 9.17) is 0 Å². The minimum atomic E-state index is 1.04. The lowest BCUT2D eigenvalue weighted by Gasteiger charge is -2.05. The van der Waals surface area contributed by atoms with Gasteiger partial charge in [0.1, 0.15) is 0 Å². The zero-order chi connectivity index (χ0) is 13.4. The molecule has 92 valence electrons. The van der Waals surface area contributed by atoms with Crippen LogP contribution in [0.2, 0.25) is 0 Å². The van der Waals surface area contributed by atoms with E-state index in [0.717, 1.165) is 11.1 Å². The highest BCUT2D eigenvalue weighted by molar-refractivity contribution is 5.68. The van der Waals surface area contributed by atoms with Crippen LogP contribution in [0.1, 0.15) is 19.4 Å². The third-order valence-corrected chi connectivity index (χ3v) is 2.72. The quantitative estimate of drug-likeness (QED) is 0.606. The summed E-state index contributed by atoms with van der Waals surface area (Å²) < 4.78 is 0. The maximum atomic E-state index is 3.82. The molecule has 0 radical (unpaired) electrons. The largest absolute Gasteiger partial charge is 0.0984 e. The molecule has 0 N–H and O–H groups in total. The average molecular weight is 236 g/mol. The molecule has 0 saturated heterocycles. The van der Waals surface area contributed by atoms with Crippen molar-refractivity contribution < 1.29 is 0 Å². The Balaban J connectivity index is 3.22. The van der Waals surface area contributed by atoms with E-state index >= 15 is 0 Å². The van der Waals surface area contributed by atoms with E-state index in [9.17, 15) is 0 Å². The summed E-state index contributed by atoms with van der Waals surface area (Å²) in [6.45, 7) is 11.8. The van der Waals surface area contributed by atoms with Gasteiger partial charge in [-0.1, -0.05) is 73.9 Å². The summed E-state index contributed by atoms with van der Waals surface area (Å²) in [6, 6.07) is 10.3. The summed E-state index contributed by atoms with van der Waals surface area (Å²) in [5.74, 6) is 0. The number of hydrogen-bond acceptors (Lipinski definition) is 0. The second-order valence-electron chi connectivity index (χ2n) is 4.01. The Labute approximate surface area is 110 Å². The van der Waals surface area contributed by atoms with Crippen LogP contribution in [0.15, 0.2) is 85.0 Å². The minimum Gasteiger partial charge on any atom is -0.0984 e. The van der Waals surface area contributed by atoms with E-state index < -0.39 is 0 Å². The summed E-state index contributed by atoms with van der Waals surface area (Å²) in [4.78, 5) is 0.